The van der Waals surface area contributed by atoms with E-state index in [1.807, 2.05) is 12.1 Å². The Morgan fingerprint density at radius 3 is 3.05 bits per heavy atom. The number of rotatable bonds is 7. The van der Waals surface area contributed by atoms with Gasteiger partial charge in [0, 0.05) is 38.2 Å². The van der Waals surface area contributed by atoms with Crippen LogP contribution in [-0.4, -0.2) is 29.6 Å². The number of ether oxygens (including phenoxy) is 1. The second-order valence-corrected chi connectivity index (χ2v) is 4.91. The molecule has 0 radical (unpaired) electrons. The summed E-state index contributed by atoms with van der Waals surface area (Å²) in [4.78, 5) is 4.12. The van der Waals surface area contributed by atoms with E-state index in [9.17, 15) is 0 Å². The number of unbranched alkanes of at least 4 members (excludes halogenated alkanes) is 1. The summed E-state index contributed by atoms with van der Waals surface area (Å²) in [6, 6.07) is 3.89. The Bertz CT molecular complexity index is 501. The van der Waals surface area contributed by atoms with E-state index < -0.39 is 0 Å². The molecule has 0 aliphatic rings. The Labute approximate surface area is 117 Å². The van der Waals surface area contributed by atoms with Crippen LogP contribution in [0.25, 0.3) is 11.1 Å². The van der Waals surface area contributed by atoms with E-state index in [1.54, 1.807) is 19.5 Å². The molecule has 0 aliphatic heterocycles. The number of aromatic nitrogens is 2. The van der Waals surface area contributed by atoms with Crippen LogP contribution in [0.1, 0.15) is 12.8 Å². The molecule has 0 unspecified atom stereocenters. The first-order chi connectivity index (χ1) is 9.33. The zero-order valence-corrected chi connectivity index (χ0v) is 11.7. The molecule has 0 amide bonds. The van der Waals surface area contributed by atoms with E-state index in [-0.39, 0.29) is 0 Å². The molecule has 0 aliphatic carbocycles. The molecule has 0 aromatic carbocycles. The zero-order chi connectivity index (χ0) is 13.5. The maximum atomic E-state index is 5.94. The Balaban J connectivity index is 2.02. The highest BCUT2D eigenvalue weighted by molar-refractivity contribution is 7.11. The average Bonchev–Trinajstić information content (AvgIpc) is 2.81. The number of nitrogens with zero attached hydrogens (tertiary/aromatic N) is 2. The van der Waals surface area contributed by atoms with Crippen molar-refractivity contribution in [3.63, 3.8) is 0 Å². The Morgan fingerprint density at radius 2 is 2.32 bits per heavy atom. The largest absolute Gasteiger partial charge is 0.385 e. The van der Waals surface area contributed by atoms with Crippen LogP contribution in [0.5, 0.6) is 0 Å². The van der Waals surface area contributed by atoms with Gasteiger partial charge in [0.25, 0.3) is 0 Å². The van der Waals surface area contributed by atoms with Gasteiger partial charge in [-0.2, -0.15) is 4.37 Å². The van der Waals surface area contributed by atoms with Gasteiger partial charge in [-0.25, -0.2) is 0 Å². The monoisotopic (exact) mass is 278 g/mol. The first kappa shape index (κ1) is 13.8. The van der Waals surface area contributed by atoms with Gasteiger partial charge >= 0.3 is 0 Å². The second-order valence-electron chi connectivity index (χ2n) is 4.14. The van der Waals surface area contributed by atoms with Gasteiger partial charge in [-0.15, -0.1) is 0 Å². The molecule has 2 rings (SSSR count). The number of hydrogen-bond donors (Lipinski definition) is 2. The highest BCUT2D eigenvalue weighted by atomic mass is 32.1. The third kappa shape index (κ3) is 3.65. The van der Waals surface area contributed by atoms with E-state index in [0.29, 0.717) is 5.82 Å². The minimum atomic E-state index is 0.553. The van der Waals surface area contributed by atoms with Gasteiger partial charge in [0.2, 0.25) is 0 Å². The summed E-state index contributed by atoms with van der Waals surface area (Å²) in [7, 11) is 1.72. The van der Waals surface area contributed by atoms with Crippen LogP contribution in [0.4, 0.5) is 10.8 Å². The highest BCUT2D eigenvalue weighted by Crippen LogP contribution is 2.36. The lowest BCUT2D eigenvalue weighted by Crippen LogP contribution is -2.03. The van der Waals surface area contributed by atoms with Gasteiger partial charge in [0.05, 0.1) is 5.56 Å². The number of hydrogen-bond acceptors (Lipinski definition) is 6. The summed E-state index contributed by atoms with van der Waals surface area (Å²) in [5.74, 6) is 0.553. The molecule has 2 aromatic rings. The number of nitrogens with two attached hydrogens (primary N) is 1. The van der Waals surface area contributed by atoms with Crippen molar-refractivity contribution in [3.8, 4) is 11.1 Å². The van der Waals surface area contributed by atoms with Crippen molar-refractivity contribution in [1.82, 2.24) is 9.36 Å². The van der Waals surface area contributed by atoms with Crippen LogP contribution >= 0.6 is 11.5 Å². The number of nitrogens with one attached hydrogen (secondary N) is 1. The van der Waals surface area contributed by atoms with Crippen LogP contribution in [0.15, 0.2) is 24.5 Å². The van der Waals surface area contributed by atoms with Gasteiger partial charge in [0.1, 0.15) is 10.8 Å². The lowest BCUT2D eigenvalue weighted by atomic mass is 10.1. The van der Waals surface area contributed by atoms with Crippen molar-refractivity contribution in [2.75, 3.05) is 31.3 Å². The van der Waals surface area contributed by atoms with Crippen LogP contribution < -0.4 is 11.1 Å². The number of methoxy groups -OCH3 is 1. The minimum absolute atomic E-state index is 0.553. The maximum Gasteiger partial charge on any atom is 0.147 e. The van der Waals surface area contributed by atoms with E-state index in [1.165, 1.54) is 11.5 Å². The smallest absolute Gasteiger partial charge is 0.147 e. The summed E-state index contributed by atoms with van der Waals surface area (Å²) in [5.41, 5.74) is 7.88. The quantitative estimate of drug-likeness (QED) is 0.762. The van der Waals surface area contributed by atoms with E-state index >= 15 is 0 Å². The number of anilines is 2. The normalized spacial score (nSPS) is 10.6. The molecule has 0 saturated carbocycles. The predicted molar refractivity (Wildman–Crippen MR) is 79.4 cm³/mol. The zero-order valence-electron chi connectivity index (χ0n) is 10.9. The van der Waals surface area contributed by atoms with Gasteiger partial charge in [-0.3, -0.25) is 4.98 Å². The molecule has 2 aromatic heterocycles. The Hall–Kier alpha value is -1.66. The molecule has 5 nitrogen and oxygen atoms in total. The fourth-order valence-corrected chi connectivity index (χ4v) is 2.55. The number of nitrogen functional groups attached to an aromatic ring is 1. The fourth-order valence-electron chi connectivity index (χ4n) is 1.79. The first-order valence-corrected chi connectivity index (χ1v) is 6.98. The molecular weight excluding hydrogens is 260 g/mol. The van der Waals surface area contributed by atoms with Crippen molar-refractivity contribution in [1.29, 1.82) is 0 Å². The molecule has 0 fully saturated rings. The van der Waals surface area contributed by atoms with Crippen molar-refractivity contribution < 1.29 is 4.74 Å². The van der Waals surface area contributed by atoms with Gasteiger partial charge in [-0.1, -0.05) is 6.07 Å². The minimum Gasteiger partial charge on any atom is -0.385 e. The average molecular weight is 278 g/mol. The molecule has 0 atom stereocenters. The summed E-state index contributed by atoms with van der Waals surface area (Å²) in [6.07, 6.45) is 5.64. The highest BCUT2D eigenvalue weighted by Gasteiger charge is 2.13. The van der Waals surface area contributed by atoms with Crippen molar-refractivity contribution >= 4 is 22.4 Å². The third-order valence-corrected chi connectivity index (χ3v) is 3.55. The molecule has 2 heterocycles. The van der Waals surface area contributed by atoms with E-state index in [4.69, 9.17) is 10.5 Å². The van der Waals surface area contributed by atoms with Gasteiger partial charge in [0.15, 0.2) is 0 Å². The third-order valence-electron chi connectivity index (χ3n) is 2.73. The maximum absolute atomic E-state index is 5.94. The molecule has 0 bridgehead atoms. The molecule has 6 heteroatoms. The number of pyridine rings is 1. The van der Waals surface area contributed by atoms with Crippen molar-refractivity contribution in [3.05, 3.63) is 24.5 Å². The van der Waals surface area contributed by atoms with E-state index in [0.717, 1.165) is 42.1 Å². The van der Waals surface area contributed by atoms with Crippen molar-refractivity contribution in [2.45, 2.75) is 12.8 Å². The summed E-state index contributed by atoms with van der Waals surface area (Å²) in [5, 5.41) is 4.39. The lowest BCUT2D eigenvalue weighted by Gasteiger charge is -2.06. The topological polar surface area (TPSA) is 73.1 Å². The molecule has 19 heavy (non-hydrogen) atoms. The van der Waals surface area contributed by atoms with Crippen LogP contribution in [-0.2, 0) is 4.74 Å². The fraction of sp³-hybridized carbons (Fsp3) is 0.385. The second kappa shape index (κ2) is 7.06. The van der Waals surface area contributed by atoms with Gasteiger partial charge in [-0.05, 0) is 30.4 Å². The van der Waals surface area contributed by atoms with Crippen molar-refractivity contribution in [2.24, 2.45) is 0 Å². The lowest BCUT2D eigenvalue weighted by molar-refractivity contribution is 0.194. The van der Waals surface area contributed by atoms with Crippen LogP contribution in [0.3, 0.4) is 0 Å². The Kier molecular flexibility index (Phi) is 5.11. The molecule has 102 valence electrons. The summed E-state index contributed by atoms with van der Waals surface area (Å²) < 4.78 is 9.24. The molecule has 3 N–H and O–H groups in total. The summed E-state index contributed by atoms with van der Waals surface area (Å²) in [6.45, 7) is 1.68. The molecular formula is C13H18N4OS. The predicted octanol–water partition coefficient (Wildman–Crippen LogP) is 2.63. The molecule has 0 saturated heterocycles. The SMILES string of the molecule is COCCCCNc1snc(N)c1-c1cccnc1. The first-order valence-electron chi connectivity index (χ1n) is 6.21. The van der Waals surface area contributed by atoms with Gasteiger partial charge < -0.3 is 15.8 Å². The van der Waals surface area contributed by atoms with Crippen LogP contribution in [0.2, 0.25) is 0 Å². The Morgan fingerprint density at radius 1 is 1.42 bits per heavy atom. The standard InChI is InChI=1S/C13H18N4OS/c1-18-8-3-2-7-16-13-11(12(14)17-19-13)10-5-4-6-15-9-10/h4-6,9,16H,2-3,7-8H2,1H3,(H2,14,17). The van der Waals surface area contributed by atoms with Crippen LogP contribution in [0, 0.1) is 0 Å². The van der Waals surface area contributed by atoms with E-state index in [2.05, 4.69) is 14.7 Å². The summed E-state index contributed by atoms with van der Waals surface area (Å²) >= 11 is 1.39. The molecule has 0 spiro atoms.